The molecule has 0 radical (unpaired) electrons. The lowest BCUT2D eigenvalue weighted by Crippen LogP contribution is -2.49. The standard InChI is InChI=1S/C22H22BrNO/c1-22(2,3)21-24-20(15-8-11-16(23)12-9-15)19-17-7-5-4-6-14(17)10-13-18(19)25-21/h4-13,20-21,24H,1-3H3/t20-,21+/m0/s1. The van der Waals surface area contributed by atoms with E-state index in [0.717, 1.165) is 10.2 Å². The largest absolute Gasteiger partial charge is 0.474 e. The van der Waals surface area contributed by atoms with E-state index < -0.39 is 0 Å². The van der Waals surface area contributed by atoms with E-state index in [1.54, 1.807) is 0 Å². The minimum atomic E-state index is -0.0465. The molecule has 3 aromatic rings. The molecule has 1 aliphatic heterocycles. The zero-order valence-corrected chi connectivity index (χ0v) is 16.3. The predicted molar refractivity (Wildman–Crippen MR) is 107 cm³/mol. The van der Waals surface area contributed by atoms with Crippen molar-refractivity contribution in [2.24, 2.45) is 5.41 Å². The fourth-order valence-electron chi connectivity index (χ4n) is 3.42. The molecule has 0 spiro atoms. The zero-order valence-electron chi connectivity index (χ0n) is 14.7. The topological polar surface area (TPSA) is 21.3 Å². The molecule has 1 aliphatic rings. The number of benzene rings is 3. The Hall–Kier alpha value is -1.84. The number of ether oxygens (including phenoxy) is 1. The summed E-state index contributed by atoms with van der Waals surface area (Å²) < 4.78 is 7.45. The van der Waals surface area contributed by atoms with Gasteiger partial charge in [0.15, 0.2) is 6.23 Å². The summed E-state index contributed by atoms with van der Waals surface area (Å²) in [6.07, 6.45) is -0.0465. The second-order valence-corrected chi connectivity index (χ2v) is 8.63. The summed E-state index contributed by atoms with van der Waals surface area (Å²) in [7, 11) is 0. The third-order valence-electron chi connectivity index (χ3n) is 4.77. The molecule has 0 unspecified atom stereocenters. The second kappa shape index (κ2) is 6.15. The second-order valence-electron chi connectivity index (χ2n) is 7.71. The van der Waals surface area contributed by atoms with Crippen molar-refractivity contribution in [1.29, 1.82) is 0 Å². The minimum Gasteiger partial charge on any atom is -0.474 e. The summed E-state index contributed by atoms with van der Waals surface area (Å²) in [5.41, 5.74) is 2.47. The van der Waals surface area contributed by atoms with Gasteiger partial charge in [0.2, 0.25) is 0 Å². The molecule has 0 amide bonds. The fraction of sp³-hybridized carbons (Fsp3) is 0.273. The first-order chi connectivity index (χ1) is 11.9. The van der Waals surface area contributed by atoms with E-state index in [4.69, 9.17) is 4.74 Å². The van der Waals surface area contributed by atoms with Gasteiger partial charge in [-0.25, -0.2) is 0 Å². The average Bonchev–Trinajstić information content (AvgIpc) is 2.60. The fourth-order valence-corrected chi connectivity index (χ4v) is 3.68. The molecule has 25 heavy (non-hydrogen) atoms. The number of fused-ring (bicyclic) bond motifs is 3. The van der Waals surface area contributed by atoms with E-state index >= 15 is 0 Å². The highest BCUT2D eigenvalue weighted by atomic mass is 79.9. The molecule has 128 valence electrons. The number of hydrogen-bond acceptors (Lipinski definition) is 2. The molecule has 3 aromatic carbocycles. The van der Waals surface area contributed by atoms with Gasteiger partial charge in [0.1, 0.15) is 5.75 Å². The Morgan fingerprint density at radius 2 is 1.64 bits per heavy atom. The van der Waals surface area contributed by atoms with Gasteiger partial charge in [-0.15, -0.1) is 0 Å². The van der Waals surface area contributed by atoms with Gasteiger partial charge in [0.25, 0.3) is 0 Å². The lowest BCUT2D eigenvalue weighted by molar-refractivity contribution is 0.0350. The van der Waals surface area contributed by atoms with Crippen LogP contribution < -0.4 is 10.1 Å². The van der Waals surface area contributed by atoms with Crippen LogP contribution in [0.1, 0.15) is 37.9 Å². The van der Waals surface area contributed by atoms with Crippen LogP contribution in [0.15, 0.2) is 65.1 Å². The quantitative estimate of drug-likeness (QED) is 0.541. The summed E-state index contributed by atoms with van der Waals surface area (Å²) in [5.74, 6) is 0.977. The van der Waals surface area contributed by atoms with Crippen molar-refractivity contribution >= 4 is 26.7 Å². The van der Waals surface area contributed by atoms with Gasteiger partial charge in [0.05, 0.1) is 6.04 Å². The van der Waals surface area contributed by atoms with Crippen LogP contribution in [0, 0.1) is 5.41 Å². The van der Waals surface area contributed by atoms with Crippen LogP contribution in [0.2, 0.25) is 0 Å². The third kappa shape index (κ3) is 3.07. The summed E-state index contributed by atoms with van der Waals surface area (Å²) in [6.45, 7) is 6.61. The van der Waals surface area contributed by atoms with Crippen molar-refractivity contribution in [1.82, 2.24) is 5.32 Å². The SMILES string of the molecule is CC(C)(C)[C@@H]1N[C@@H](c2ccc(Br)cc2)c2c(ccc3ccccc23)O1. The number of rotatable bonds is 1. The van der Waals surface area contributed by atoms with Crippen molar-refractivity contribution in [2.75, 3.05) is 0 Å². The number of hydrogen-bond donors (Lipinski definition) is 1. The van der Waals surface area contributed by atoms with Crippen molar-refractivity contribution < 1.29 is 4.74 Å². The Bertz CT molecular complexity index is 911. The van der Waals surface area contributed by atoms with E-state index in [1.807, 2.05) is 0 Å². The van der Waals surface area contributed by atoms with Gasteiger partial charge in [-0.05, 0) is 34.5 Å². The molecular formula is C22H22BrNO. The minimum absolute atomic E-state index is 0.00303. The maximum absolute atomic E-state index is 6.36. The zero-order chi connectivity index (χ0) is 17.6. The Kier molecular flexibility index (Phi) is 4.09. The first-order valence-electron chi connectivity index (χ1n) is 8.63. The molecule has 0 aliphatic carbocycles. The molecular weight excluding hydrogens is 374 g/mol. The summed E-state index contributed by atoms with van der Waals surface area (Å²) in [6, 6.07) is 21.4. The van der Waals surface area contributed by atoms with Gasteiger partial charge < -0.3 is 4.74 Å². The number of halogens is 1. The molecule has 0 saturated heterocycles. The molecule has 0 bridgehead atoms. The van der Waals surface area contributed by atoms with Gasteiger partial charge in [-0.1, -0.05) is 79.2 Å². The molecule has 3 heteroatoms. The van der Waals surface area contributed by atoms with Crippen molar-refractivity contribution in [3.8, 4) is 5.75 Å². The van der Waals surface area contributed by atoms with E-state index in [-0.39, 0.29) is 17.7 Å². The van der Waals surface area contributed by atoms with Crippen LogP contribution in [-0.2, 0) is 0 Å². The lowest BCUT2D eigenvalue weighted by Gasteiger charge is -2.40. The lowest BCUT2D eigenvalue weighted by atomic mass is 9.87. The van der Waals surface area contributed by atoms with Gasteiger partial charge >= 0.3 is 0 Å². The van der Waals surface area contributed by atoms with Gasteiger partial charge in [-0.3, -0.25) is 5.32 Å². The van der Waals surface area contributed by atoms with Gasteiger partial charge in [0, 0.05) is 15.5 Å². The first-order valence-corrected chi connectivity index (χ1v) is 9.42. The maximum Gasteiger partial charge on any atom is 0.155 e. The normalized spacial score (nSPS) is 20.2. The van der Waals surface area contributed by atoms with E-state index in [0.29, 0.717) is 0 Å². The van der Waals surface area contributed by atoms with Crippen LogP contribution in [0.25, 0.3) is 10.8 Å². The monoisotopic (exact) mass is 395 g/mol. The molecule has 2 nitrogen and oxygen atoms in total. The summed E-state index contributed by atoms with van der Waals surface area (Å²) in [5, 5.41) is 6.22. The highest BCUT2D eigenvalue weighted by molar-refractivity contribution is 9.10. The van der Waals surface area contributed by atoms with Crippen LogP contribution in [0.4, 0.5) is 0 Å². The van der Waals surface area contributed by atoms with E-state index in [2.05, 4.69) is 103 Å². The van der Waals surface area contributed by atoms with Crippen LogP contribution >= 0.6 is 15.9 Å². The Labute approximate surface area is 157 Å². The molecule has 2 atom stereocenters. The first kappa shape index (κ1) is 16.6. The summed E-state index contributed by atoms with van der Waals surface area (Å²) >= 11 is 3.54. The highest BCUT2D eigenvalue weighted by Crippen LogP contribution is 2.42. The number of nitrogens with one attached hydrogen (secondary N) is 1. The Morgan fingerprint density at radius 1 is 0.920 bits per heavy atom. The predicted octanol–water partition coefficient (Wildman–Crippen LogP) is 6.05. The van der Waals surface area contributed by atoms with Crippen molar-refractivity contribution in [3.05, 3.63) is 76.3 Å². The molecule has 0 fully saturated rings. The van der Waals surface area contributed by atoms with Crippen molar-refractivity contribution in [2.45, 2.75) is 33.0 Å². The van der Waals surface area contributed by atoms with Crippen LogP contribution in [0.3, 0.4) is 0 Å². The molecule has 0 aromatic heterocycles. The van der Waals surface area contributed by atoms with Crippen LogP contribution in [0.5, 0.6) is 5.75 Å². The maximum atomic E-state index is 6.36. The van der Waals surface area contributed by atoms with Crippen LogP contribution in [-0.4, -0.2) is 6.23 Å². The molecule has 1 heterocycles. The molecule has 1 N–H and O–H groups in total. The van der Waals surface area contributed by atoms with E-state index in [9.17, 15) is 0 Å². The summed E-state index contributed by atoms with van der Waals surface area (Å²) in [4.78, 5) is 0. The molecule has 4 rings (SSSR count). The Balaban J connectivity index is 1.92. The van der Waals surface area contributed by atoms with E-state index in [1.165, 1.54) is 21.9 Å². The third-order valence-corrected chi connectivity index (χ3v) is 5.30. The smallest absolute Gasteiger partial charge is 0.155 e. The van der Waals surface area contributed by atoms with Crippen molar-refractivity contribution in [3.63, 3.8) is 0 Å². The molecule has 0 saturated carbocycles. The average molecular weight is 396 g/mol. The Morgan fingerprint density at radius 3 is 2.36 bits per heavy atom. The highest BCUT2D eigenvalue weighted by Gasteiger charge is 2.36. The van der Waals surface area contributed by atoms with Gasteiger partial charge in [-0.2, -0.15) is 0 Å².